The highest BCUT2D eigenvalue weighted by molar-refractivity contribution is 5.46. The first-order valence-corrected chi connectivity index (χ1v) is 13.3. The molecule has 1 aliphatic carbocycles. The third kappa shape index (κ3) is 5.79. The second kappa shape index (κ2) is 11.7. The van der Waals surface area contributed by atoms with Crippen molar-refractivity contribution in [2.24, 2.45) is 0 Å². The van der Waals surface area contributed by atoms with E-state index >= 15 is 13.2 Å². The highest BCUT2D eigenvalue weighted by Crippen LogP contribution is 2.52. The summed E-state index contributed by atoms with van der Waals surface area (Å²) in [5, 5.41) is 0. The first-order chi connectivity index (χ1) is 17.7. The first kappa shape index (κ1) is 27.8. The molecule has 2 nitrogen and oxygen atoms in total. The third-order valence-electron chi connectivity index (χ3n) is 7.55. The van der Waals surface area contributed by atoms with Gasteiger partial charge in [-0.05, 0) is 43.7 Å². The summed E-state index contributed by atoms with van der Waals surface area (Å²) in [6.07, 6.45) is 5.81. The average molecular weight is 529 g/mol. The Morgan fingerprint density at radius 3 is 2.41 bits per heavy atom. The molecule has 1 fully saturated rings. The molecule has 4 rings (SSSR count). The average Bonchev–Trinajstić information content (AvgIpc) is 3.62. The molecule has 2 aliphatic rings. The van der Waals surface area contributed by atoms with Crippen molar-refractivity contribution in [3.8, 4) is 5.75 Å². The Morgan fingerprint density at radius 2 is 1.68 bits per heavy atom. The Kier molecular flexibility index (Phi) is 8.77. The highest BCUT2D eigenvalue weighted by atomic mass is 19.3. The minimum absolute atomic E-state index is 0.0215. The fraction of sp³-hybridized carbons (Fsp3) is 0.586. The van der Waals surface area contributed by atoms with Gasteiger partial charge in [0, 0.05) is 16.7 Å². The molecule has 0 saturated carbocycles. The summed E-state index contributed by atoms with van der Waals surface area (Å²) in [6.45, 7) is 4.01. The Balaban J connectivity index is 1.52. The summed E-state index contributed by atoms with van der Waals surface area (Å²) in [4.78, 5) is 0. The van der Waals surface area contributed by atoms with Crippen LogP contribution in [-0.2, 0) is 23.5 Å². The Labute approximate surface area is 214 Å². The molecule has 0 radical (unpaired) electrons. The molecular weight excluding hydrogens is 494 g/mol. The largest absolute Gasteiger partial charge is 0.485 e. The number of benzene rings is 2. The summed E-state index contributed by atoms with van der Waals surface area (Å²) in [5.74, 6) is -11.1. The van der Waals surface area contributed by atoms with E-state index in [2.05, 4.69) is 0 Å². The molecule has 3 atom stereocenters. The number of alkyl halides is 2. The zero-order valence-electron chi connectivity index (χ0n) is 21.3. The van der Waals surface area contributed by atoms with Crippen LogP contribution in [0.2, 0.25) is 0 Å². The molecule has 3 unspecified atom stereocenters. The maximum absolute atomic E-state index is 15.5. The van der Waals surface area contributed by atoms with Gasteiger partial charge in [0.2, 0.25) is 0 Å². The lowest BCUT2D eigenvalue weighted by atomic mass is 9.76. The van der Waals surface area contributed by atoms with E-state index in [4.69, 9.17) is 9.47 Å². The summed E-state index contributed by atoms with van der Waals surface area (Å²) >= 11 is 0. The predicted molar refractivity (Wildman–Crippen MR) is 129 cm³/mol. The summed E-state index contributed by atoms with van der Waals surface area (Å²) in [6, 6.07) is 3.10. The van der Waals surface area contributed by atoms with E-state index in [1.165, 1.54) is 12.1 Å². The van der Waals surface area contributed by atoms with Crippen LogP contribution in [0.1, 0.15) is 93.4 Å². The first-order valence-electron chi connectivity index (χ1n) is 13.3. The predicted octanol–water partition coefficient (Wildman–Crippen LogP) is 8.52. The number of aryl methyl sites for hydroxylation is 1. The molecule has 0 N–H and O–H groups in total. The summed E-state index contributed by atoms with van der Waals surface area (Å²) in [7, 11) is 0. The highest BCUT2D eigenvalue weighted by Gasteiger charge is 2.49. The van der Waals surface area contributed by atoms with Crippen LogP contribution in [0.4, 0.5) is 26.3 Å². The monoisotopic (exact) mass is 528 g/mol. The van der Waals surface area contributed by atoms with Gasteiger partial charge >= 0.3 is 0 Å². The van der Waals surface area contributed by atoms with Gasteiger partial charge in [0.25, 0.3) is 5.92 Å². The van der Waals surface area contributed by atoms with Crippen LogP contribution in [0.5, 0.6) is 5.75 Å². The summed E-state index contributed by atoms with van der Waals surface area (Å²) < 4.78 is 101. The quantitative estimate of drug-likeness (QED) is 0.156. The van der Waals surface area contributed by atoms with E-state index in [0.29, 0.717) is 18.9 Å². The molecule has 0 bridgehead atoms. The number of epoxide rings is 1. The Hall–Kier alpha value is -2.22. The van der Waals surface area contributed by atoms with Crippen LogP contribution in [0.3, 0.4) is 0 Å². The van der Waals surface area contributed by atoms with Crippen molar-refractivity contribution in [3.63, 3.8) is 0 Å². The Morgan fingerprint density at radius 1 is 0.919 bits per heavy atom. The van der Waals surface area contributed by atoms with Gasteiger partial charge in [-0.2, -0.15) is 0 Å². The van der Waals surface area contributed by atoms with Gasteiger partial charge < -0.3 is 9.47 Å². The van der Waals surface area contributed by atoms with Crippen LogP contribution in [0.25, 0.3) is 0 Å². The van der Waals surface area contributed by atoms with E-state index in [1.807, 2.05) is 13.8 Å². The molecule has 37 heavy (non-hydrogen) atoms. The maximum atomic E-state index is 15.5. The fourth-order valence-corrected chi connectivity index (χ4v) is 5.28. The van der Waals surface area contributed by atoms with Gasteiger partial charge in [-0.3, -0.25) is 0 Å². The van der Waals surface area contributed by atoms with Crippen molar-refractivity contribution in [1.29, 1.82) is 0 Å². The van der Waals surface area contributed by atoms with Crippen LogP contribution in [0.15, 0.2) is 18.2 Å². The molecule has 0 spiro atoms. The molecule has 2 aromatic carbocycles. The van der Waals surface area contributed by atoms with Crippen molar-refractivity contribution >= 4 is 0 Å². The summed E-state index contributed by atoms with van der Waals surface area (Å²) in [5.41, 5.74) is -1.54. The number of hydrogen-bond donors (Lipinski definition) is 0. The smallest absolute Gasteiger partial charge is 0.280 e. The van der Waals surface area contributed by atoms with E-state index in [-0.39, 0.29) is 42.8 Å². The molecule has 2 aromatic rings. The molecule has 1 heterocycles. The van der Waals surface area contributed by atoms with E-state index in [9.17, 15) is 13.2 Å². The topological polar surface area (TPSA) is 21.8 Å². The van der Waals surface area contributed by atoms with Gasteiger partial charge in [0.05, 0.1) is 12.0 Å². The van der Waals surface area contributed by atoms with Crippen molar-refractivity contribution in [2.75, 3.05) is 6.61 Å². The maximum Gasteiger partial charge on any atom is 0.280 e. The normalized spacial score (nSPS) is 22.1. The Bertz CT molecular complexity index is 1100. The second-order valence-corrected chi connectivity index (χ2v) is 10.2. The lowest BCUT2D eigenvalue weighted by Crippen LogP contribution is -2.32. The van der Waals surface area contributed by atoms with Gasteiger partial charge in [-0.25, -0.2) is 26.3 Å². The number of ether oxygens (including phenoxy) is 2. The zero-order chi connectivity index (χ0) is 26.7. The van der Waals surface area contributed by atoms with Gasteiger partial charge in [-0.15, -0.1) is 0 Å². The van der Waals surface area contributed by atoms with Crippen LogP contribution in [0, 0.1) is 23.3 Å². The molecule has 0 aromatic heterocycles. The molecule has 1 aliphatic heterocycles. The van der Waals surface area contributed by atoms with Crippen LogP contribution >= 0.6 is 0 Å². The van der Waals surface area contributed by atoms with Gasteiger partial charge in [0.1, 0.15) is 12.7 Å². The van der Waals surface area contributed by atoms with Crippen molar-refractivity contribution in [1.82, 2.24) is 0 Å². The number of fused-ring (bicyclic) bond motifs is 1. The van der Waals surface area contributed by atoms with Crippen LogP contribution < -0.4 is 4.74 Å². The van der Waals surface area contributed by atoms with Gasteiger partial charge in [-0.1, -0.05) is 58.1 Å². The van der Waals surface area contributed by atoms with Crippen molar-refractivity contribution in [2.45, 2.75) is 102 Å². The second-order valence-electron chi connectivity index (χ2n) is 10.2. The number of rotatable bonds is 12. The standard InChI is InChI=1S/C29H34F6O2/c1-3-5-7-8-9-17-11-12-18(26(32)25(17)31)20-14-13-19-21(29(20,34)35)15-22(30)28(27(19)33)36-16-24-23(37-24)10-6-4-2/h11-12,15,20,23-24H,3-10,13-14,16H2,1-2H3. The fourth-order valence-electron chi connectivity index (χ4n) is 5.28. The third-order valence-corrected chi connectivity index (χ3v) is 7.55. The van der Waals surface area contributed by atoms with Crippen molar-refractivity contribution in [3.05, 3.63) is 63.7 Å². The van der Waals surface area contributed by atoms with Gasteiger partial charge in [0.15, 0.2) is 29.0 Å². The van der Waals surface area contributed by atoms with Crippen LogP contribution in [-0.4, -0.2) is 18.8 Å². The number of hydrogen-bond acceptors (Lipinski definition) is 2. The SMILES string of the molecule is CCCCCCc1ccc(C2CCc3c(cc(F)c(OCC4OC4CCCC)c3F)C2(F)F)c(F)c1F. The lowest BCUT2D eigenvalue weighted by molar-refractivity contribution is -0.0456. The van der Waals surface area contributed by atoms with E-state index in [0.717, 1.165) is 38.5 Å². The van der Waals surface area contributed by atoms with E-state index < -0.39 is 52.0 Å². The molecule has 8 heteroatoms. The molecule has 1 saturated heterocycles. The lowest BCUT2D eigenvalue weighted by Gasteiger charge is -2.34. The number of halogens is 6. The molecular formula is C29H34F6O2. The minimum Gasteiger partial charge on any atom is -0.485 e. The zero-order valence-corrected chi connectivity index (χ0v) is 21.3. The molecule has 204 valence electrons. The van der Waals surface area contributed by atoms with Crippen molar-refractivity contribution < 1.29 is 35.8 Å². The minimum atomic E-state index is -3.80. The molecule has 0 amide bonds. The van der Waals surface area contributed by atoms with E-state index in [1.54, 1.807) is 0 Å². The number of unbranched alkanes of at least 4 members (excludes halogenated alkanes) is 4.